The van der Waals surface area contributed by atoms with Gasteiger partial charge in [0.1, 0.15) is 5.82 Å². The molecule has 0 unspecified atom stereocenters. The van der Waals surface area contributed by atoms with Crippen molar-refractivity contribution >= 4 is 11.8 Å². The van der Waals surface area contributed by atoms with E-state index >= 15 is 0 Å². The van der Waals surface area contributed by atoms with Gasteiger partial charge >= 0.3 is 0 Å². The fourth-order valence-electron chi connectivity index (χ4n) is 1.94. The number of nitrogens with two attached hydrogens (primary N) is 1. The molecule has 0 atom stereocenters. The Morgan fingerprint density at radius 1 is 1.40 bits per heavy atom. The number of nitrogens with zero attached hydrogens (tertiary/aromatic N) is 2. The SMILES string of the molecule is Cc1cc(NC2CC(C)C2)nc(NN)n1. The first kappa shape index (κ1) is 10.2. The molecule has 0 amide bonds. The first-order valence-corrected chi connectivity index (χ1v) is 5.26. The minimum Gasteiger partial charge on any atom is -0.367 e. The molecule has 5 heteroatoms. The van der Waals surface area contributed by atoms with Crippen LogP contribution < -0.4 is 16.6 Å². The highest BCUT2D eigenvalue weighted by Gasteiger charge is 2.25. The third-order valence-corrected chi connectivity index (χ3v) is 2.71. The van der Waals surface area contributed by atoms with Crippen LogP contribution in [0, 0.1) is 12.8 Å². The summed E-state index contributed by atoms with van der Waals surface area (Å²) in [5.41, 5.74) is 3.37. The van der Waals surface area contributed by atoms with E-state index < -0.39 is 0 Å². The van der Waals surface area contributed by atoms with E-state index in [2.05, 4.69) is 27.6 Å². The molecule has 1 aliphatic carbocycles. The molecule has 1 heterocycles. The summed E-state index contributed by atoms with van der Waals surface area (Å²) in [4.78, 5) is 8.37. The Balaban J connectivity index is 2.04. The van der Waals surface area contributed by atoms with Crippen LogP contribution in [0.2, 0.25) is 0 Å². The maximum absolute atomic E-state index is 5.28. The lowest BCUT2D eigenvalue weighted by atomic mass is 9.82. The van der Waals surface area contributed by atoms with Gasteiger partial charge in [-0.15, -0.1) is 0 Å². The van der Waals surface area contributed by atoms with Crippen molar-refractivity contribution in [3.63, 3.8) is 0 Å². The molecule has 2 rings (SSSR count). The molecule has 1 fully saturated rings. The van der Waals surface area contributed by atoms with Crippen LogP contribution in [-0.2, 0) is 0 Å². The highest BCUT2D eigenvalue weighted by atomic mass is 15.3. The molecule has 4 N–H and O–H groups in total. The number of hydrazine groups is 1. The Hall–Kier alpha value is -1.36. The third kappa shape index (κ3) is 2.36. The summed E-state index contributed by atoms with van der Waals surface area (Å²) in [5, 5.41) is 3.38. The average molecular weight is 207 g/mol. The highest BCUT2D eigenvalue weighted by Crippen LogP contribution is 2.29. The Morgan fingerprint density at radius 2 is 2.13 bits per heavy atom. The largest absolute Gasteiger partial charge is 0.367 e. The quantitative estimate of drug-likeness (QED) is 0.514. The van der Waals surface area contributed by atoms with Crippen LogP contribution >= 0.6 is 0 Å². The van der Waals surface area contributed by atoms with Gasteiger partial charge in [0, 0.05) is 17.8 Å². The Bertz CT molecular complexity index is 346. The van der Waals surface area contributed by atoms with Crippen LogP contribution in [0.5, 0.6) is 0 Å². The highest BCUT2D eigenvalue weighted by molar-refractivity contribution is 5.42. The van der Waals surface area contributed by atoms with Gasteiger partial charge in [0.2, 0.25) is 5.95 Å². The fourth-order valence-corrected chi connectivity index (χ4v) is 1.94. The smallest absolute Gasteiger partial charge is 0.239 e. The van der Waals surface area contributed by atoms with Crippen LogP contribution in [0.1, 0.15) is 25.5 Å². The number of nitrogens with one attached hydrogen (secondary N) is 2. The van der Waals surface area contributed by atoms with Gasteiger partial charge in [-0.3, -0.25) is 5.43 Å². The predicted molar refractivity (Wildman–Crippen MR) is 60.4 cm³/mol. The van der Waals surface area contributed by atoms with Gasteiger partial charge < -0.3 is 5.32 Å². The molecule has 0 bridgehead atoms. The van der Waals surface area contributed by atoms with Gasteiger partial charge in [-0.1, -0.05) is 6.92 Å². The van der Waals surface area contributed by atoms with E-state index in [1.165, 1.54) is 12.8 Å². The molecule has 82 valence electrons. The van der Waals surface area contributed by atoms with E-state index in [1.54, 1.807) is 0 Å². The van der Waals surface area contributed by atoms with E-state index in [1.807, 2.05) is 13.0 Å². The van der Waals surface area contributed by atoms with Crippen molar-refractivity contribution in [2.45, 2.75) is 32.7 Å². The van der Waals surface area contributed by atoms with E-state index in [9.17, 15) is 0 Å². The topological polar surface area (TPSA) is 75.9 Å². The number of hydrogen-bond donors (Lipinski definition) is 3. The van der Waals surface area contributed by atoms with Crippen LogP contribution in [-0.4, -0.2) is 16.0 Å². The average Bonchev–Trinajstić information content (AvgIpc) is 2.14. The zero-order chi connectivity index (χ0) is 10.8. The first-order chi connectivity index (χ1) is 7.17. The molecule has 1 saturated carbocycles. The molecular weight excluding hydrogens is 190 g/mol. The second-order valence-corrected chi connectivity index (χ2v) is 4.28. The van der Waals surface area contributed by atoms with Crippen molar-refractivity contribution in [1.82, 2.24) is 9.97 Å². The second kappa shape index (κ2) is 4.02. The van der Waals surface area contributed by atoms with Gasteiger partial charge in [0.25, 0.3) is 0 Å². The molecule has 0 saturated heterocycles. The number of nitrogen functional groups attached to an aromatic ring is 1. The summed E-state index contributed by atoms with van der Waals surface area (Å²) in [5.74, 6) is 7.43. The van der Waals surface area contributed by atoms with Gasteiger partial charge in [0.05, 0.1) is 0 Å². The number of aryl methyl sites for hydroxylation is 1. The van der Waals surface area contributed by atoms with Crippen molar-refractivity contribution in [2.75, 3.05) is 10.7 Å². The maximum Gasteiger partial charge on any atom is 0.239 e. The lowest BCUT2D eigenvalue weighted by molar-refractivity contribution is 0.308. The zero-order valence-corrected chi connectivity index (χ0v) is 9.12. The van der Waals surface area contributed by atoms with Gasteiger partial charge in [-0.25, -0.2) is 10.8 Å². The minimum atomic E-state index is 0.463. The maximum atomic E-state index is 5.28. The molecule has 1 aliphatic rings. The van der Waals surface area contributed by atoms with Crippen molar-refractivity contribution in [2.24, 2.45) is 11.8 Å². The molecule has 15 heavy (non-hydrogen) atoms. The van der Waals surface area contributed by atoms with E-state index in [4.69, 9.17) is 5.84 Å². The van der Waals surface area contributed by atoms with Gasteiger partial charge in [0.15, 0.2) is 0 Å². The van der Waals surface area contributed by atoms with Gasteiger partial charge in [-0.05, 0) is 25.7 Å². The van der Waals surface area contributed by atoms with Crippen molar-refractivity contribution in [3.05, 3.63) is 11.8 Å². The molecule has 0 spiro atoms. The lowest BCUT2D eigenvalue weighted by Crippen LogP contribution is -2.34. The molecule has 1 aromatic heterocycles. The summed E-state index contributed by atoms with van der Waals surface area (Å²) in [6.07, 6.45) is 2.43. The van der Waals surface area contributed by atoms with Crippen LogP contribution in [0.15, 0.2) is 6.07 Å². The summed E-state index contributed by atoms with van der Waals surface area (Å²) < 4.78 is 0. The number of anilines is 2. The zero-order valence-electron chi connectivity index (χ0n) is 9.12. The first-order valence-electron chi connectivity index (χ1n) is 5.26. The standard InChI is InChI=1S/C10H17N5/c1-6-3-8(4-6)13-9-5-7(2)12-10(14-9)15-11/h5-6,8H,3-4,11H2,1-2H3,(H2,12,13,14,15). The van der Waals surface area contributed by atoms with Crippen LogP contribution in [0.4, 0.5) is 11.8 Å². The molecular formula is C10H17N5. The summed E-state index contributed by atoms with van der Waals surface area (Å²) in [6, 6.07) is 2.49. The predicted octanol–water partition coefficient (Wildman–Crippen LogP) is 1.28. The van der Waals surface area contributed by atoms with Crippen molar-refractivity contribution in [3.8, 4) is 0 Å². The second-order valence-electron chi connectivity index (χ2n) is 4.28. The van der Waals surface area contributed by atoms with Crippen molar-refractivity contribution < 1.29 is 0 Å². The van der Waals surface area contributed by atoms with E-state index in [0.29, 0.717) is 12.0 Å². The van der Waals surface area contributed by atoms with Crippen LogP contribution in [0.3, 0.4) is 0 Å². The Morgan fingerprint density at radius 3 is 2.73 bits per heavy atom. The molecule has 5 nitrogen and oxygen atoms in total. The van der Waals surface area contributed by atoms with Gasteiger partial charge in [-0.2, -0.15) is 4.98 Å². The van der Waals surface area contributed by atoms with Crippen molar-refractivity contribution in [1.29, 1.82) is 0 Å². The minimum absolute atomic E-state index is 0.463. The fraction of sp³-hybridized carbons (Fsp3) is 0.600. The Labute approximate surface area is 89.5 Å². The normalized spacial score (nSPS) is 24.5. The molecule has 0 aliphatic heterocycles. The number of rotatable bonds is 3. The molecule has 0 radical (unpaired) electrons. The summed E-state index contributed by atoms with van der Waals surface area (Å²) in [7, 11) is 0. The van der Waals surface area contributed by atoms with E-state index in [-0.39, 0.29) is 0 Å². The third-order valence-electron chi connectivity index (χ3n) is 2.71. The number of aromatic nitrogens is 2. The lowest BCUT2D eigenvalue weighted by Gasteiger charge is -2.33. The molecule has 0 aromatic carbocycles. The number of hydrogen-bond acceptors (Lipinski definition) is 5. The van der Waals surface area contributed by atoms with Crippen LogP contribution in [0.25, 0.3) is 0 Å². The molecule has 1 aromatic rings. The Kier molecular flexibility index (Phi) is 2.73. The van der Waals surface area contributed by atoms with E-state index in [0.717, 1.165) is 17.4 Å². The summed E-state index contributed by atoms with van der Waals surface area (Å²) in [6.45, 7) is 4.19. The monoisotopic (exact) mass is 207 g/mol. The summed E-state index contributed by atoms with van der Waals surface area (Å²) >= 11 is 0.